The Hall–Kier alpha value is -3.58. The van der Waals surface area contributed by atoms with Crippen molar-refractivity contribution in [2.24, 2.45) is 0 Å². The van der Waals surface area contributed by atoms with Gasteiger partial charge in [0.15, 0.2) is 17.1 Å². The van der Waals surface area contributed by atoms with Gasteiger partial charge in [0.1, 0.15) is 0 Å². The van der Waals surface area contributed by atoms with Crippen LogP contribution in [0.4, 0.5) is 5.69 Å². The number of pyridine rings is 1. The molecule has 2 aromatic carbocycles. The van der Waals surface area contributed by atoms with Crippen LogP contribution in [0.15, 0.2) is 54.7 Å². The van der Waals surface area contributed by atoms with Crippen LogP contribution in [0.25, 0.3) is 0 Å². The van der Waals surface area contributed by atoms with E-state index in [1.165, 1.54) is 0 Å². The fourth-order valence-electron chi connectivity index (χ4n) is 4.71. The molecule has 3 aliphatic rings. The van der Waals surface area contributed by atoms with Gasteiger partial charge in [-0.2, -0.15) is 0 Å². The van der Waals surface area contributed by atoms with Crippen molar-refractivity contribution in [3.63, 3.8) is 0 Å². The number of carbonyl (C=O) groups is 1. The highest BCUT2D eigenvalue weighted by Crippen LogP contribution is 2.52. The summed E-state index contributed by atoms with van der Waals surface area (Å²) in [5.74, 6) is 1.74. The summed E-state index contributed by atoms with van der Waals surface area (Å²) >= 11 is 0. The number of methoxy groups -OCH3 is 1. The van der Waals surface area contributed by atoms with Gasteiger partial charge in [0.05, 0.1) is 25.9 Å². The molecule has 1 atom stereocenters. The molecule has 0 radical (unpaired) electrons. The predicted molar refractivity (Wildman–Crippen MR) is 111 cm³/mol. The number of aromatic nitrogens is 1. The van der Waals surface area contributed by atoms with E-state index in [0.717, 1.165) is 34.4 Å². The zero-order chi connectivity index (χ0) is 21.0. The molecule has 0 N–H and O–H groups in total. The molecule has 3 aliphatic heterocycles. The number of anilines is 1. The van der Waals surface area contributed by atoms with Crippen molar-refractivity contribution in [1.29, 1.82) is 0 Å². The van der Waals surface area contributed by atoms with E-state index in [1.807, 2.05) is 36.4 Å². The molecule has 1 unspecified atom stereocenters. The van der Waals surface area contributed by atoms with Crippen LogP contribution in [0.2, 0.25) is 0 Å². The number of hydrogen-bond donors (Lipinski definition) is 0. The van der Waals surface area contributed by atoms with Crippen LogP contribution >= 0.6 is 0 Å². The van der Waals surface area contributed by atoms with Gasteiger partial charge in [0.25, 0.3) is 5.91 Å². The average Bonchev–Trinajstić information content (AvgIpc) is 3.38. The first-order chi connectivity index (χ1) is 15.2. The number of amides is 1. The summed E-state index contributed by atoms with van der Waals surface area (Å²) in [6.45, 7) is 1.04. The Kier molecular flexibility index (Phi) is 3.94. The molecule has 1 amide bonds. The Bertz CT molecular complexity index is 1190. The van der Waals surface area contributed by atoms with E-state index < -0.39 is 5.60 Å². The summed E-state index contributed by atoms with van der Waals surface area (Å²) in [7, 11) is 1.58. The molecule has 31 heavy (non-hydrogen) atoms. The van der Waals surface area contributed by atoms with Gasteiger partial charge in [-0.05, 0) is 35.7 Å². The van der Waals surface area contributed by atoms with E-state index in [9.17, 15) is 4.79 Å². The fourth-order valence-corrected chi connectivity index (χ4v) is 4.71. The standard InChI is InChI=1S/C24H20N2O5/c1-28-21-8-5-15(12-25-21)13-26-18-4-2-3-16-9-10-31-24(22(16)18,23(26)27)17-6-7-19-20(11-17)30-14-29-19/h2-8,11-12H,9-10,13-14H2,1H3. The first-order valence-corrected chi connectivity index (χ1v) is 10.2. The van der Waals surface area contributed by atoms with Gasteiger partial charge in [-0.3, -0.25) is 4.79 Å². The maximum absolute atomic E-state index is 14.0. The lowest BCUT2D eigenvalue weighted by Crippen LogP contribution is -2.45. The molecule has 0 spiro atoms. The van der Waals surface area contributed by atoms with E-state index in [2.05, 4.69) is 11.1 Å². The zero-order valence-corrected chi connectivity index (χ0v) is 17.0. The molecule has 0 fully saturated rings. The first-order valence-electron chi connectivity index (χ1n) is 10.2. The minimum Gasteiger partial charge on any atom is -0.481 e. The van der Waals surface area contributed by atoms with Crippen LogP contribution < -0.4 is 19.1 Å². The number of nitrogens with zero attached hydrogens (tertiary/aromatic N) is 2. The predicted octanol–water partition coefficient (Wildman–Crippen LogP) is 3.18. The van der Waals surface area contributed by atoms with Crippen LogP contribution in [0.1, 0.15) is 22.3 Å². The largest absolute Gasteiger partial charge is 0.481 e. The lowest BCUT2D eigenvalue weighted by atomic mass is 9.82. The molecule has 0 aliphatic carbocycles. The maximum Gasteiger partial charge on any atom is 0.269 e. The molecule has 7 nitrogen and oxygen atoms in total. The Morgan fingerprint density at radius 2 is 2.03 bits per heavy atom. The summed E-state index contributed by atoms with van der Waals surface area (Å²) in [6.07, 6.45) is 2.50. The molecular formula is C24H20N2O5. The van der Waals surface area contributed by atoms with Crippen LogP contribution in [-0.2, 0) is 28.1 Å². The number of rotatable bonds is 4. The van der Waals surface area contributed by atoms with Crippen LogP contribution in [0, 0.1) is 0 Å². The SMILES string of the molecule is COc1ccc(CN2C(=O)C3(c4ccc5c(c4)OCO5)OCCc4cccc2c43)cn1. The molecule has 156 valence electrons. The second kappa shape index (κ2) is 6.72. The van der Waals surface area contributed by atoms with Crippen LogP contribution in [0.5, 0.6) is 17.4 Å². The zero-order valence-electron chi connectivity index (χ0n) is 17.0. The summed E-state index contributed by atoms with van der Waals surface area (Å²) in [4.78, 5) is 20.1. The Balaban J connectivity index is 1.48. The highest BCUT2D eigenvalue weighted by molar-refractivity contribution is 6.10. The number of hydrogen-bond acceptors (Lipinski definition) is 6. The number of carbonyl (C=O) groups excluding carboxylic acids is 1. The molecular weight excluding hydrogens is 396 g/mol. The highest BCUT2D eigenvalue weighted by Gasteiger charge is 2.56. The third-order valence-electron chi connectivity index (χ3n) is 6.13. The Morgan fingerprint density at radius 1 is 1.13 bits per heavy atom. The monoisotopic (exact) mass is 416 g/mol. The first kappa shape index (κ1) is 18.2. The molecule has 1 aromatic heterocycles. The minimum atomic E-state index is -1.19. The van der Waals surface area contributed by atoms with Gasteiger partial charge in [-0.25, -0.2) is 4.98 Å². The fraction of sp³-hybridized carbons (Fsp3) is 0.250. The van der Waals surface area contributed by atoms with Crippen LogP contribution in [0.3, 0.4) is 0 Å². The van der Waals surface area contributed by atoms with Crippen molar-refractivity contribution < 1.29 is 23.7 Å². The third kappa shape index (κ3) is 2.56. The molecule has 0 saturated heterocycles. The second-order valence-electron chi connectivity index (χ2n) is 7.76. The van der Waals surface area contributed by atoms with Crippen LogP contribution in [-0.4, -0.2) is 31.4 Å². The summed E-state index contributed by atoms with van der Waals surface area (Å²) in [5.41, 5.74) is 3.40. The molecule has 6 rings (SSSR count). The lowest BCUT2D eigenvalue weighted by Gasteiger charge is -2.34. The summed E-state index contributed by atoms with van der Waals surface area (Å²) < 4.78 is 22.5. The summed E-state index contributed by atoms with van der Waals surface area (Å²) in [5, 5.41) is 0. The van der Waals surface area contributed by atoms with Gasteiger partial charge >= 0.3 is 0 Å². The van der Waals surface area contributed by atoms with Gasteiger partial charge in [-0.1, -0.05) is 24.3 Å². The van der Waals surface area contributed by atoms with Gasteiger partial charge in [0.2, 0.25) is 12.7 Å². The Labute approximate surface area is 179 Å². The molecule has 0 saturated carbocycles. The average molecular weight is 416 g/mol. The maximum atomic E-state index is 14.0. The topological polar surface area (TPSA) is 70.1 Å². The molecule has 7 heteroatoms. The number of fused-ring (bicyclic) bond motifs is 1. The van der Waals surface area contributed by atoms with E-state index in [-0.39, 0.29) is 12.7 Å². The molecule has 0 bridgehead atoms. The molecule has 4 heterocycles. The molecule has 3 aromatic rings. The Morgan fingerprint density at radius 3 is 2.87 bits per heavy atom. The van der Waals surface area contributed by atoms with Crippen molar-refractivity contribution in [2.75, 3.05) is 25.4 Å². The number of ether oxygens (including phenoxy) is 4. The second-order valence-corrected chi connectivity index (χ2v) is 7.76. The van der Waals surface area contributed by atoms with Crippen molar-refractivity contribution >= 4 is 11.6 Å². The van der Waals surface area contributed by atoms with E-state index >= 15 is 0 Å². The smallest absolute Gasteiger partial charge is 0.269 e. The van der Waals surface area contributed by atoms with E-state index in [0.29, 0.717) is 30.5 Å². The van der Waals surface area contributed by atoms with E-state index in [4.69, 9.17) is 18.9 Å². The lowest BCUT2D eigenvalue weighted by molar-refractivity contribution is -0.139. The highest BCUT2D eigenvalue weighted by atomic mass is 16.7. The normalized spacial score (nSPS) is 20.7. The van der Waals surface area contributed by atoms with Crippen molar-refractivity contribution in [2.45, 2.75) is 18.6 Å². The summed E-state index contributed by atoms with van der Waals surface area (Å²) in [6, 6.07) is 15.4. The van der Waals surface area contributed by atoms with Gasteiger partial charge < -0.3 is 23.8 Å². The van der Waals surface area contributed by atoms with E-state index in [1.54, 1.807) is 24.3 Å². The van der Waals surface area contributed by atoms with Crippen molar-refractivity contribution in [3.8, 4) is 17.4 Å². The van der Waals surface area contributed by atoms with Gasteiger partial charge in [-0.15, -0.1) is 0 Å². The van der Waals surface area contributed by atoms with Crippen molar-refractivity contribution in [3.05, 3.63) is 77.0 Å². The third-order valence-corrected chi connectivity index (χ3v) is 6.13. The quantitative estimate of drug-likeness (QED) is 0.651. The van der Waals surface area contributed by atoms with Gasteiger partial charge in [0, 0.05) is 23.4 Å². The van der Waals surface area contributed by atoms with Crippen molar-refractivity contribution in [1.82, 2.24) is 4.98 Å². The minimum absolute atomic E-state index is 0.107. The number of benzene rings is 2.